The molecule has 5 heteroatoms. The third-order valence-electron chi connectivity index (χ3n) is 3.35. The van der Waals surface area contributed by atoms with Gasteiger partial charge in [-0.1, -0.05) is 53.7 Å². The maximum Gasteiger partial charge on any atom is 0.311 e. The van der Waals surface area contributed by atoms with Gasteiger partial charge in [-0.3, -0.25) is 4.79 Å². The van der Waals surface area contributed by atoms with Gasteiger partial charge in [0.15, 0.2) is 0 Å². The number of hydrogen-bond donors (Lipinski definition) is 0. The zero-order valence-corrected chi connectivity index (χ0v) is 12.1. The van der Waals surface area contributed by atoms with Crippen molar-refractivity contribution in [2.75, 3.05) is 7.11 Å². The minimum absolute atomic E-state index is 0.114. The zero-order chi connectivity index (χ0) is 15.4. The van der Waals surface area contributed by atoms with Gasteiger partial charge in [-0.15, -0.1) is 5.10 Å². The SMILES string of the molecule is COC(=O)Cc1c(-c2ccccc2)nnn1-c1ccccc1. The Hall–Kier alpha value is -2.95. The van der Waals surface area contributed by atoms with Gasteiger partial charge in [-0.25, -0.2) is 4.68 Å². The van der Waals surface area contributed by atoms with Crippen LogP contribution in [0.3, 0.4) is 0 Å². The molecule has 0 aliphatic heterocycles. The largest absolute Gasteiger partial charge is 0.469 e. The molecule has 0 radical (unpaired) electrons. The van der Waals surface area contributed by atoms with Crippen LogP contribution >= 0.6 is 0 Å². The summed E-state index contributed by atoms with van der Waals surface area (Å²) >= 11 is 0. The lowest BCUT2D eigenvalue weighted by Gasteiger charge is -2.07. The lowest BCUT2D eigenvalue weighted by atomic mass is 10.1. The van der Waals surface area contributed by atoms with Crippen LogP contribution in [0.1, 0.15) is 5.69 Å². The third-order valence-corrected chi connectivity index (χ3v) is 3.35. The first-order valence-electron chi connectivity index (χ1n) is 6.92. The maximum absolute atomic E-state index is 11.8. The molecule has 0 amide bonds. The molecule has 5 nitrogen and oxygen atoms in total. The second-order valence-electron chi connectivity index (χ2n) is 4.75. The lowest BCUT2D eigenvalue weighted by Crippen LogP contribution is -2.11. The molecule has 1 aromatic heterocycles. The molecule has 0 fully saturated rings. The van der Waals surface area contributed by atoms with Gasteiger partial charge in [-0.2, -0.15) is 0 Å². The predicted molar refractivity (Wildman–Crippen MR) is 82.5 cm³/mol. The van der Waals surface area contributed by atoms with Gasteiger partial charge in [-0.05, 0) is 12.1 Å². The topological polar surface area (TPSA) is 57.0 Å². The molecule has 0 N–H and O–H groups in total. The first-order valence-corrected chi connectivity index (χ1v) is 6.92. The number of aromatic nitrogens is 3. The number of methoxy groups -OCH3 is 1. The second-order valence-corrected chi connectivity index (χ2v) is 4.75. The summed E-state index contributed by atoms with van der Waals surface area (Å²) in [6.07, 6.45) is 0.114. The van der Waals surface area contributed by atoms with Crippen LogP contribution in [0, 0.1) is 0 Å². The van der Waals surface area contributed by atoms with Crippen molar-refractivity contribution >= 4 is 5.97 Å². The molecule has 0 saturated carbocycles. The minimum Gasteiger partial charge on any atom is -0.469 e. The number of ether oxygens (including phenoxy) is 1. The molecule has 0 unspecified atom stereocenters. The van der Waals surface area contributed by atoms with E-state index in [9.17, 15) is 4.79 Å². The second kappa shape index (κ2) is 6.22. The van der Waals surface area contributed by atoms with E-state index in [4.69, 9.17) is 4.74 Å². The molecule has 3 rings (SSSR count). The van der Waals surface area contributed by atoms with Crippen LogP contribution in [0.4, 0.5) is 0 Å². The fourth-order valence-corrected chi connectivity index (χ4v) is 2.27. The van der Waals surface area contributed by atoms with Gasteiger partial charge in [0, 0.05) is 5.56 Å². The zero-order valence-electron chi connectivity index (χ0n) is 12.1. The van der Waals surface area contributed by atoms with Gasteiger partial charge in [0.25, 0.3) is 0 Å². The number of para-hydroxylation sites is 1. The predicted octanol–water partition coefficient (Wildman–Crippen LogP) is 2.65. The number of hydrogen-bond acceptors (Lipinski definition) is 4. The van der Waals surface area contributed by atoms with Crippen molar-refractivity contribution in [3.63, 3.8) is 0 Å². The first-order chi connectivity index (χ1) is 10.8. The highest BCUT2D eigenvalue weighted by molar-refractivity contribution is 5.75. The molecule has 0 aliphatic carbocycles. The van der Waals surface area contributed by atoms with Crippen molar-refractivity contribution in [1.82, 2.24) is 15.0 Å². The highest BCUT2D eigenvalue weighted by atomic mass is 16.5. The van der Waals surface area contributed by atoms with E-state index in [1.165, 1.54) is 7.11 Å². The fraction of sp³-hybridized carbons (Fsp3) is 0.118. The molecule has 22 heavy (non-hydrogen) atoms. The Morgan fingerprint density at radius 1 is 1.05 bits per heavy atom. The van der Waals surface area contributed by atoms with E-state index in [2.05, 4.69) is 10.3 Å². The standard InChI is InChI=1S/C17H15N3O2/c1-22-16(21)12-15-17(13-8-4-2-5-9-13)18-19-20(15)14-10-6-3-7-11-14/h2-11H,12H2,1H3. The fourth-order valence-electron chi connectivity index (χ4n) is 2.27. The van der Waals surface area contributed by atoms with E-state index in [1.54, 1.807) is 4.68 Å². The summed E-state index contributed by atoms with van der Waals surface area (Å²) in [6, 6.07) is 19.3. The van der Waals surface area contributed by atoms with Gasteiger partial charge in [0.2, 0.25) is 0 Å². The highest BCUT2D eigenvalue weighted by Crippen LogP contribution is 2.23. The highest BCUT2D eigenvalue weighted by Gasteiger charge is 2.19. The Balaban J connectivity index is 2.12. The van der Waals surface area contributed by atoms with Gasteiger partial charge in [0.05, 0.1) is 24.9 Å². The Morgan fingerprint density at radius 2 is 1.68 bits per heavy atom. The van der Waals surface area contributed by atoms with Crippen LogP contribution in [-0.4, -0.2) is 28.1 Å². The molecule has 0 spiro atoms. The van der Waals surface area contributed by atoms with Crippen LogP contribution in [0.15, 0.2) is 60.7 Å². The Labute approximate surface area is 128 Å². The van der Waals surface area contributed by atoms with Crippen molar-refractivity contribution < 1.29 is 9.53 Å². The molecule has 0 bridgehead atoms. The van der Waals surface area contributed by atoms with Crippen LogP contribution in [0.2, 0.25) is 0 Å². The number of esters is 1. The maximum atomic E-state index is 11.8. The number of carbonyl (C=O) groups excluding carboxylic acids is 1. The van der Waals surface area contributed by atoms with E-state index in [0.29, 0.717) is 11.4 Å². The Bertz CT molecular complexity index is 710. The summed E-state index contributed by atoms with van der Waals surface area (Å²) in [7, 11) is 1.38. The number of benzene rings is 2. The summed E-state index contributed by atoms with van der Waals surface area (Å²) in [4.78, 5) is 11.8. The van der Waals surface area contributed by atoms with Crippen molar-refractivity contribution in [3.8, 4) is 16.9 Å². The van der Waals surface area contributed by atoms with E-state index in [1.807, 2.05) is 60.7 Å². The van der Waals surface area contributed by atoms with E-state index in [-0.39, 0.29) is 12.4 Å². The molecular formula is C17H15N3O2. The molecule has 3 aromatic rings. The Morgan fingerprint density at radius 3 is 2.32 bits per heavy atom. The lowest BCUT2D eigenvalue weighted by molar-refractivity contribution is -0.139. The van der Waals surface area contributed by atoms with Crippen LogP contribution in [0.5, 0.6) is 0 Å². The molecule has 2 aromatic carbocycles. The molecule has 0 atom stereocenters. The Kier molecular flexibility index (Phi) is 3.96. The number of carbonyl (C=O) groups is 1. The summed E-state index contributed by atoms with van der Waals surface area (Å²) in [6.45, 7) is 0. The molecular weight excluding hydrogens is 278 g/mol. The van der Waals surface area contributed by atoms with Crippen molar-refractivity contribution in [2.45, 2.75) is 6.42 Å². The molecule has 0 aliphatic rings. The first kappa shape index (κ1) is 14.0. The summed E-state index contributed by atoms with van der Waals surface area (Å²) in [5, 5.41) is 8.46. The monoisotopic (exact) mass is 293 g/mol. The van der Waals surface area contributed by atoms with Gasteiger partial charge in [0.1, 0.15) is 5.69 Å². The van der Waals surface area contributed by atoms with Crippen molar-refractivity contribution in [1.29, 1.82) is 0 Å². The number of nitrogens with zero attached hydrogens (tertiary/aromatic N) is 3. The summed E-state index contributed by atoms with van der Waals surface area (Å²) in [5.74, 6) is -0.323. The molecule has 1 heterocycles. The van der Waals surface area contributed by atoms with Crippen LogP contribution in [-0.2, 0) is 16.0 Å². The third kappa shape index (κ3) is 2.74. The van der Waals surface area contributed by atoms with Crippen molar-refractivity contribution in [3.05, 3.63) is 66.4 Å². The van der Waals surface area contributed by atoms with Crippen LogP contribution in [0.25, 0.3) is 16.9 Å². The van der Waals surface area contributed by atoms with E-state index >= 15 is 0 Å². The van der Waals surface area contributed by atoms with Gasteiger partial charge >= 0.3 is 5.97 Å². The summed E-state index contributed by atoms with van der Waals surface area (Å²) in [5.41, 5.74) is 3.18. The quantitative estimate of drug-likeness (QED) is 0.694. The number of rotatable bonds is 4. The van der Waals surface area contributed by atoms with Crippen molar-refractivity contribution in [2.24, 2.45) is 0 Å². The molecule has 110 valence electrons. The normalized spacial score (nSPS) is 10.4. The smallest absolute Gasteiger partial charge is 0.311 e. The molecule has 0 saturated heterocycles. The minimum atomic E-state index is -0.323. The average molecular weight is 293 g/mol. The van der Waals surface area contributed by atoms with Crippen LogP contribution < -0.4 is 0 Å². The van der Waals surface area contributed by atoms with Gasteiger partial charge < -0.3 is 4.74 Å². The van der Waals surface area contributed by atoms with E-state index < -0.39 is 0 Å². The average Bonchev–Trinajstić information content (AvgIpc) is 3.00. The van der Waals surface area contributed by atoms with E-state index in [0.717, 1.165) is 11.3 Å². The summed E-state index contributed by atoms with van der Waals surface area (Å²) < 4.78 is 6.48.